The second-order valence-corrected chi connectivity index (χ2v) is 6.00. The highest BCUT2D eigenvalue weighted by atomic mass is 79.9. The highest BCUT2D eigenvalue weighted by Gasteiger charge is 2.32. The molecular formula is C13H29BrN4O2. The fraction of sp³-hybridized carbons (Fsp3) is 0.846. The van der Waals surface area contributed by atoms with Gasteiger partial charge < -0.3 is 17.2 Å². The van der Waals surface area contributed by atoms with E-state index < -0.39 is 10.4 Å². The van der Waals surface area contributed by atoms with Crippen molar-refractivity contribution in [3.63, 3.8) is 0 Å². The second kappa shape index (κ2) is 13.3. The van der Waals surface area contributed by atoms with Gasteiger partial charge in [-0.3, -0.25) is 10.1 Å². The van der Waals surface area contributed by atoms with E-state index in [0.717, 1.165) is 25.9 Å². The first-order valence-corrected chi connectivity index (χ1v) is 7.87. The Morgan fingerprint density at radius 1 is 1.00 bits per heavy atom. The molecular weight excluding hydrogens is 324 g/mol. The molecule has 0 unspecified atom stereocenters. The highest BCUT2D eigenvalue weighted by Crippen LogP contribution is 2.26. The zero-order valence-corrected chi connectivity index (χ0v) is 14.2. The zero-order valence-electron chi connectivity index (χ0n) is 12.6. The summed E-state index contributed by atoms with van der Waals surface area (Å²) in [6.07, 6.45) is 6.02. The fourth-order valence-corrected chi connectivity index (χ4v) is 1.54. The maximum atomic E-state index is 11.3. The molecule has 0 aliphatic carbocycles. The van der Waals surface area contributed by atoms with Gasteiger partial charge in [-0.15, -0.1) is 0 Å². The quantitative estimate of drug-likeness (QED) is 0.391. The Morgan fingerprint density at radius 2 is 1.40 bits per heavy atom. The van der Waals surface area contributed by atoms with E-state index in [2.05, 4.69) is 15.9 Å². The van der Waals surface area contributed by atoms with E-state index in [1.165, 1.54) is 12.8 Å². The SMILES string of the molecule is CCC(Br)(CC)C(=O)NC(N)=O.NCCCCCCN. The molecule has 0 saturated carbocycles. The molecule has 0 fully saturated rings. The minimum absolute atomic E-state index is 0.375. The number of imide groups is 1. The standard InChI is InChI=1S/C7H13BrN2O2.C6H16N2/c1-3-7(8,4-2)5(11)10-6(9)12;7-5-3-1-2-4-6-8/h3-4H2,1-2H3,(H3,9,10,11,12);1-8H2. The number of amides is 3. The van der Waals surface area contributed by atoms with Crippen LogP contribution in [0, 0.1) is 0 Å². The Bertz CT molecular complexity index is 265. The van der Waals surface area contributed by atoms with Crippen LogP contribution in [0.1, 0.15) is 52.4 Å². The van der Waals surface area contributed by atoms with Gasteiger partial charge in [0.1, 0.15) is 4.32 Å². The average molecular weight is 353 g/mol. The van der Waals surface area contributed by atoms with Gasteiger partial charge in [-0.25, -0.2) is 4.79 Å². The molecule has 3 amide bonds. The van der Waals surface area contributed by atoms with Crippen molar-refractivity contribution in [2.24, 2.45) is 17.2 Å². The number of urea groups is 1. The van der Waals surface area contributed by atoms with Crippen molar-refractivity contribution >= 4 is 27.9 Å². The van der Waals surface area contributed by atoms with Crippen LogP contribution in [-0.2, 0) is 4.79 Å². The van der Waals surface area contributed by atoms with Crippen LogP contribution in [0.2, 0.25) is 0 Å². The van der Waals surface area contributed by atoms with Gasteiger partial charge in [0.25, 0.3) is 0 Å². The van der Waals surface area contributed by atoms with Gasteiger partial charge in [-0.05, 0) is 38.8 Å². The molecule has 0 aliphatic rings. The molecule has 120 valence electrons. The van der Waals surface area contributed by atoms with Crippen molar-refractivity contribution in [1.29, 1.82) is 0 Å². The predicted molar refractivity (Wildman–Crippen MR) is 86.5 cm³/mol. The molecule has 0 aliphatic heterocycles. The number of nitrogens with two attached hydrogens (primary N) is 3. The average Bonchev–Trinajstić information content (AvgIpc) is 2.42. The predicted octanol–water partition coefficient (Wildman–Crippen LogP) is 1.60. The summed E-state index contributed by atoms with van der Waals surface area (Å²) in [6, 6.07) is -0.814. The Labute approximate surface area is 130 Å². The number of hydrogen-bond donors (Lipinski definition) is 4. The van der Waals surface area contributed by atoms with Crippen molar-refractivity contribution in [3.8, 4) is 0 Å². The Morgan fingerprint density at radius 3 is 1.65 bits per heavy atom. The van der Waals surface area contributed by atoms with E-state index in [9.17, 15) is 9.59 Å². The molecule has 0 spiro atoms. The molecule has 0 atom stereocenters. The lowest BCUT2D eigenvalue weighted by Gasteiger charge is -2.21. The van der Waals surface area contributed by atoms with E-state index in [4.69, 9.17) is 17.2 Å². The third kappa shape index (κ3) is 11.2. The lowest BCUT2D eigenvalue weighted by atomic mass is 10.0. The van der Waals surface area contributed by atoms with Crippen LogP contribution in [-0.4, -0.2) is 29.4 Å². The third-order valence-corrected chi connectivity index (χ3v) is 4.40. The van der Waals surface area contributed by atoms with Gasteiger partial charge in [-0.1, -0.05) is 42.6 Å². The molecule has 0 heterocycles. The minimum atomic E-state index is -0.814. The van der Waals surface area contributed by atoms with Crippen LogP contribution in [0.25, 0.3) is 0 Å². The normalized spacial score (nSPS) is 10.4. The van der Waals surface area contributed by atoms with E-state index in [0.29, 0.717) is 12.8 Å². The van der Waals surface area contributed by atoms with Crippen LogP contribution in [0.3, 0.4) is 0 Å². The Balaban J connectivity index is 0. The molecule has 6 nitrogen and oxygen atoms in total. The minimum Gasteiger partial charge on any atom is -0.351 e. The number of unbranched alkanes of at least 4 members (excludes halogenated alkanes) is 3. The highest BCUT2D eigenvalue weighted by molar-refractivity contribution is 9.10. The molecule has 0 saturated heterocycles. The van der Waals surface area contributed by atoms with Crippen LogP contribution < -0.4 is 22.5 Å². The van der Waals surface area contributed by atoms with E-state index >= 15 is 0 Å². The van der Waals surface area contributed by atoms with Gasteiger partial charge in [0.05, 0.1) is 0 Å². The Kier molecular flexibility index (Phi) is 14.4. The van der Waals surface area contributed by atoms with Crippen molar-refractivity contribution in [2.45, 2.75) is 56.7 Å². The van der Waals surface area contributed by atoms with Crippen LogP contribution >= 0.6 is 15.9 Å². The first-order chi connectivity index (χ1) is 9.37. The molecule has 0 bridgehead atoms. The summed E-state index contributed by atoms with van der Waals surface area (Å²) in [5, 5.41) is 2.04. The topological polar surface area (TPSA) is 124 Å². The van der Waals surface area contributed by atoms with Crippen molar-refractivity contribution in [3.05, 3.63) is 0 Å². The van der Waals surface area contributed by atoms with Gasteiger partial charge in [0.15, 0.2) is 0 Å². The maximum Gasteiger partial charge on any atom is 0.318 e. The van der Waals surface area contributed by atoms with Gasteiger partial charge >= 0.3 is 6.03 Å². The third-order valence-electron chi connectivity index (χ3n) is 2.92. The van der Waals surface area contributed by atoms with Crippen LogP contribution in [0.15, 0.2) is 0 Å². The number of rotatable bonds is 8. The summed E-state index contributed by atoms with van der Waals surface area (Å²) in [5.74, 6) is -0.375. The molecule has 0 aromatic carbocycles. The van der Waals surface area contributed by atoms with Gasteiger partial charge in [0.2, 0.25) is 5.91 Å². The van der Waals surface area contributed by atoms with E-state index in [1.54, 1.807) is 0 Å². The number of carbonyl (C=O) groups is 2. The van der Waals surface area contributed by atoms with Crippen LogP contribution in [0.4, 0.5) is 4.79 Å². The summed E-state index contributed by atoms with van der Waals surface area (Å²) < 4.78 is -0.665. The summed E-state index contributed by atoms with van der Waals surface area (Å²) in [6.45, 7) is 5.37. The second-order valence-electron chi connectivity index (χ2n) is 4.48. The number of primary amides is 1. The van der Waals surface area contributed by atoms with E-state index in [-0.39, 0.29) is 5.91 Å². The number of alkyl halides is 1. The van der Waals surface area contributed by atoms with Crippen molar-refractivity contribution in [2.75, 3.05) is 13.1 Å². The monoisotopic (exact) mass is 352 g/mol. The summed E-state index contributed by atoms with van der Waals surface area (Å²) in [5.41, 5.74) is 15.4. The fourth-order valence-electron chi connectivity index (χ4n) is 1.44. The molecule has 20 heavy (non-hydrogen) atoms. The summed E-state index contributed by atoms with van der Waals surface area (Å²) in [7, 11) is 0. The van der Waals surface area contributed by atoms with Crippen LogP contribution in [0.5, 0.6) is 0 Å². The van der Waals surface area contributed by atoms with Gasteiger partial charge in [0, 0.05) is 0 Å². The number of halogens is 1. The lowest BCUT2D eigenvalue weighted by Crippen LogP contribution is -2.46. The molecule has 0 aromatic heterocycles. The first kappa shape index (κ1) is 21.6. The number of carbonyl (C=O) groups excluding carboxylic acids is 2. The molecule has 7 heteroatoms. The van der Waals surface area contributed by atoms with Crippen molar-refractivity contribution < 1.29 is 9.59 Å². The summed E-state index contributed by atoms with van der Waals surface area (Å²) in [4.78, 5) is 21.6. The lowest BCUT2D eigenvalue weighted by molar-refractivity contribution is -0.122. The zero-order chi connectivity index (χ0) is 16.0. The largest absolute Gasteiger partial charge is 0.351 e. The number of nitrogens with one attached hydrogen (secondary N) is 1. The van der Waals surface area contributed by atoms with Gasteiger partial charge in [-0.2, -0.15) is 0 Å². The maximum absolute atomic E-state index is 11.3. The first-order valence-electron chi connectivity index (χ1n) is 7.07. The smallest absolute Gasteiger partial charge is 0.318 e. The number of hydrogen-bond acceptors (Lipinski definition) is 4. The molecule has 0 radical (unpaired) electrons. The Hall–Kier alpha value is -0.660. The summed E-state index contributed by atoms with van der Waals surface area (Å²) >= 11 is 3.26. The van der Waals surface area contributed by atoms with Crippen molar-refractivity contribution in [1.82, 2.24) is 5.32 Å². The molecule has 0 rings (SSSR count). The van der Waals surface area contributed by atoms with E-state index in [1.807, 2.05) is 19.2 Å². The molecule has 7 N–H and O–H groups in total. The molecule has 0 aromatic rings.